The van der Waals surface area contributed by atoms with Gasteiger partial charge in [-0.3, -0.25) is 19.4 Å². The van der Waals surface area contributed by atoms with Crippen LogP contribution in [0.3, 0.4) is 0 Å². The van der Waals surface area contributed by atoms with Crippen molar-refractivity contribution in [2.45, 2.75) is 45.5 Å². The molecular formula is C30H32N4O4. The van der Waals surface area contributed by atoms with E-state index in [9.17, 15) is 19.5 Å². The number of aromatic nitrogens is 1. The van der Waals surface area contributed by atoms with Gasteiger partial charge in [0.05, 0.1) is 17.3 Å². The fraction of sp³-hybridized carbons (Fsp3) is 0.267. The Balaban J connectivity index is 1.88. The topological polar surface area (TPSA) is 103 Å². The van der Waals surface area contributed by atoms with Crippen LogP contribution in [0, 0.1) is 5.92 Å². The third-order valence-electron chi connectivity index (χ3n) is 6.49. The van der Waals surface area contributed by atoms with Gasteiger partial charge in [-0.1, -0.05) is 74.5 Å². The minimum Gasteiger partial charge on any atom is -0.371 e. The Bertz CT molecular complexity index is 1300. The number of benzene rings is 2. The van der Waals surface area contributed by atoms with E-state index in [1.54, 1.807) is 29.4 Å². The highest BCUT2D eigenvalue weighted by Crippen LogP contribution is 2.34. The van der Waals surface area contributed by atoms with E-state index in [2.05, 4.69) is 10.3 Å². The van der Waals surface area contributed by atoms with E-state index < -0.39 is 24.2 Å². The van der Waals surface area contributed by atoms with Gasteiger partial charge in [-0.15, -0.1) is 0 Å². The number of hydrogen-bond acceptors (Lipinski definition) is 5. The van der Waals surface area contributed by atoms with Crippen LogP contribution in [0.5, 0.6) is 0 Å². The third-order valence-corrected chi connectivity index (χ3v) is 6.49. The molecule has 1 unspecified atom stereocenters. The first-order valence-corrected chi connectivity index (χ1v) is 12.6. The fourth-order valence-corrected chi connectivity index (χ4v) is 4.75. The molecule has 0 saturated heterocycles. The predicted octanol–water partition coefficient (Wildman–Crippen LogP) is 3.46. The summed E-state index contributed by atoms with van der Waals surface area (Å²) in [5.74, 6) is -1.35. The summed E-state index contributed by atoms with van der Waals surface area (Å²) in [5, 5.41) is 13.8. The van der Waals surface area contributed by atoms with Crippen LogP contribution in [0.15, 0.2) is 91.4 Å². The molecule has 38 heavy (non-hydrogen) atoms. The molecule has 8 heteroatoms. The molecule has 4 rings (SSSR count). The Morgan fingerprint density at radius 1 is 1.00 bits per heavy atom. The monoisotopic (exact) mass is 512 g/mol. The van der Waals surface area contributed by atoms with Crippen LogP contribution in [0.1, 0.15) is 42.3 Å². The molecular weight excluding hydrogens is 480 g/mol. The molecule has 0 bridgehead atoms. The van der Waals surface area contributed by atoms with Crippen LogP contribution in [-0.4, -0.2) is 55.9 Å². The molecule has 1 aliphatic heterocycles. The van der Waals surface area contributed by atoms with Crippen LogP contribution in [0.25, 0.3) is 5.70 Å². The summed E-state index contributed by atoms with van der Waals surface area (Å²) in [6.45, 7) is 5.07. The van der Waals surface area contributed by atoms with E-state index >= 15 is 0 Å². The number of hydrogen-bond donors (Lipinski definition) is 2. The van der Waals surface area contributed by atoms with Gasteiger partial charge in [0, 0.05) is 25.5 Å². The van der Waals surface area contributed by atoms with Crippen molar-refractivity contribution >= 4 is 23.4 Å². The molecule has 0 spiro atoms. The lowest BCUT2D eigenvalue weighted by atomic mass is 9.93. The van der Waals surface area contributed by atoms with Crippen molar-refractivity contribution in [3.8, 4) is 0 Å². The lowest BCUT2D eigenvalue weighted by Crippen LogP contribution is -2.61. The van der Waals surface area contributed by atoms with Gasteiger partial charge < -0.3 is 20.2 Å². The molecule has 3 aromatic rings. The molecule has 0 fully saturated rings. The number of rotatable bonds is 8. The van der Waals surface area contributed by atoms with Gasteiger partial charge in [0.1, 0.15) is 12.3 Å². The minimum atomic E-state index is -1.35. The number of aliphatic hydroxyl groups excluding tert-OH is 1. The molecule has 0 aliphatic carbocycles. The molecule has 0 saturated carbocycles. The van der Waals surface area contributed by atoms with Crippen molar-refractivity contribution in [2.75, 3.05) is 0 Å². The highest BCUT2D eigenvalue weighted by molar-refractivity contribution is 6.02. The number of nitrogens with zero attached hydrogens (tertiary/aromatic N) is 3. The number of carbonyl (C=O) groups is 3. The molecule has 2 aromatic carbocycles. The van der Waals surface area contributed by atoms with Gasteiger partial charge in [-0.25, -0.2) is 0 Å². The van der Waals surface area contributed by atoms with Crippen molar-refractivity contribution in [1.29, 1.82) is 0 Å². The molecule has 0 radical (unpaired) electrons. The molecule has 3 atom stereocenters. The molecule has 2 heterocycles. The minimum absolute atomic E-state index is 0.241. The van der Waals surface area contributed by atoms with Crippen LogP contribution in [0.4, 0.5) is 0 Å². The SMILES string of the molecule is CC(=O)NC(O)[C@H](Cc1ccccc1)N1C(=O)[C@@H](C(C)C)N(C(=O)c2cccnc2)C=C1c1ccccc1. The third kappa shape index (κ3) is 5.81. The first kappa shape index (κ1) is 26.8. The highest BCUT2D eigenvalue weighted by atomic mass is 16.3. The van der Waals surface area contributed by atoms with Crippen LogP contribution >= 0.6 is 0 Å². The Kier molecular flexibility index (Phi) is 8.33. The molecule has 1 aliphatic rings. The van der Waals surface area contributed by atoms with Gasteiger partial charge in [0.25, 0.3) is 11.8 Å². The number of aliphatic hydroxyl groups is 1. The second-order valence-electron chi connectivity index (χ2n) is 9.63. The molecule has 196 valence electrons. The molecule has 1 aromatic heterocycles. The zero-order valence-corrected chi connectivity index (χ0v) is 21.7. The first-order valence-electron chi connectivity index (χ1n) is 12.6. The standard InChI is InChI=1S/C30H32N4O4/c1-20(2)27-30(38)34(25(28(36)32-21(3)35)17-22-11-6-4-7-12-22)26(23-13-8-5-9-14-23)19-33(27)29(37)24-15-10-16-31-18-24/h4-16,18-20,25,27-28,36H,17H2,1-3H3,(H,32,35)/t25-,27+,28?/m0/s1. The summed E-state index contributed by atoms with van der Waals surface area (Å²) < 4.78 is 0. The highest BCUT2D eigenvalue weighted by Gasteiger charge is 2.45. The Labute approximate surface area is 222 Å². The van der Waals surface area contributed by atoms with Gasteiger partial charge in [-0.05, 0) is 35.6 Å². The van der Waals surface area contributed by atoms with Crippen molar-refractivity contribution in [3.05, 3.63) is 108 Å². The fourth-order valence-electron chi connectivity index (χ4n) is 4.75. The molecule has 8 nitrogen and oxygen atoms in total. The van der Waals surface area contributed by atoms with E-state index in [1.807, 2.05) is 74.5 Å². The maximum atomic E-state index is 14.4. The van der Waals surface area contributed by atoms with Crippen molar-refractivity contribution in [1.82, 2.24) is 20.1 Å². The van der Waals surface area contributed by atoms with Crippen LogP contribution in [0.2, 0.25) is 0 Å². The smallest absolute Gasteiger partial charge is 0.260 e. The van der Waals surface area contributed by atoms with E-state index in [0.717, 1.165) is 5.56 Å². The number of carbonyl (C=O) groups excluding carboxylic acids is 3. The molecule has 3 amide bonds. The normalized spacial score (nSPS) is 17.1. The average Bonchev–Trinajstić information content (AvgIpc) is 2.92. The van der Waals surface area contributed by atoms with Gasteiger partial charge in [0.15, 0.2) is 0 Å². The van der Waals surface area contributed by atoms with E-state index in [-0.39, 0.29) is 24.2 Å². The zero-order valence-electron chi connectivity index (χ0n) is 21.7. The second kappa shape index (κ2) is 11.8. The Hall–Kier alpha value is -4.30. The number of nitrogens with one attached hydrogen (secondary N) is 1. The summed E-state index contributed by atoms with van der Waals surface area (Å²) in [6.07, 6.45) is 3.67. The Morgan fingerprint density at radius 3 is 2.24 bits per heavy atom. The van der Waals surface area contributed by atoms with Gasteiger partial charge in [0.2, 0.25) is 5.91 Å². The summed E-state index contributed by atoms with van der Waals surface area (Å²) in [4.78, 5) is 47.0. The largest absolute Gasteiger partial charge is 0.371 e. The summed E-state index contributed by atoms with van der Waals surface area (Å²) in [6, 6.07) is 20.4. The Morgan fingerprint density at radius 2 is 1.66 bits per heavy atom. The van der Waals surface area contributed by atoms with Crippen LogP contribution < -0.4 is 5.32 Å². The van der Waals surface area contributed by atoms with E-state index in [0.29, 0.717) is 16.8 Å². The van der Waals surface area contributed by atoms with Gasteiger partial charge >= 0.3 is 0 Å². The average molecular weight is 513 g/mol. The maximum absolute atomic E-state index is 14.4. The quantitative estimate of drug-likeness (QED) is 0.450. The van der Waals surface area contributed by atoms with Crippen molar-refractivity contribution < 1.29 is 19.5 Å². The predicted molar refractivity (Wildman–Crippen MR) is 144 cm³/mol. The van der Waals surface area contributed by atoms with E-state index in [1.165, 1.54) is 18.0 Å². The van der Waals surface area contributed by atoms with E-state index in [4.69, 9.17) is 0 Å². The maximum Gasteiger partial charge on any atom is 0.260 e. The summed E-state index contributed by atoms with van der Waals surface area (Å²) >= 11 is 0. The van der Waals surface area contributed by atoms with Gasteiger partial charge in [-0.2, -0.15) is 0 Å². The zero-order chi connectivity index (χ0) is 27.2. The number of pyridine rings is 1. The van der Waals surface area contributed by atoms with Crippen molar-refractivity contribution in [3.63, 3.8) is 0 Å². The summed E-state index contributed by atoms with van der Waals surface area (Å²) in [7, 11) is 0. The lowest BCUT2D eigenvalue weighted by Gasteiger charge is -2.45. The van der Waals surface area contributed by atoms with Crippen LogP contribution in [-0.2, 0) is 16.0 Å². The first-order chi connectivity index (χ1) is 18.3. The second-order valence-corrected chi connectivity index (χ2v) is 9.63. The lowest BCUT2D eigenvalue weighted by molar-refractivity contribution is -0.140. The van der Waals surface area contributed by atoms with Crippen molar-refractivity contribution in [2.24, 2.45) is 5.92 Å². The summed E-state index contributed by atoms with van der Waals surface area (Å²) in [5.41, 5.74) is 2.40. The molecule has 2 N–H and O–H groups in total. The number of amides is 3.